The molecule has 11 heteroatoms. The van der Waals surface area contributed by atoms with Crippen LogP contribution in [0.3, 0.4) is 0 Å². The van der Waals surface area contributed by atoms with E-state index in [0.29, 0.717) is 31.1 Å². The summed E-state index contributed by atoms with van der Waals surface area (Å²) < 4.78 is 67.5. The Morgan fingerprint density at radius 3 is 1.91 bits per heavy atom. The number of thiophene rings is 1. The van der Waals surface area contributed by atoms with Gasteiger partial charge in [-0.2, -0.15) is 0 Å². The van der Waals surface area contributed by atoms with Gasteiger partial charge in [-0.25, -0.2) is 22.0 Å². The average Bonchev–Trinajstić information content (AvgIpc) is 3.37. The summed E-state index contributed by atoms with van der Waals surface area (Å²) in [6.07, 6.45) is 0. The van der Waals surface area contributed by atoms with Crippen LogP contribution >= 0.6 is 11.3 Å². The van der Waals surface area contributed by atoms with Crippen molar-refractivity contribution < 1.29 is 31.5 Å². The predicted molar refractivity (Wildman–Crippen MR) is 113 cm³/mol. The Morgan fingerprint density at radius 2 is 1.36 bits per heavy atom. The molecule has 1 aliphatic rings. The maximum Gasteiger partial charge on any atom is 0.264 e. The summed E-state index contributed by atoms with van der Waals surface area (Å²) in [7, 11) is 0. The molecule has 0 spiro atoms. The first-order valence-corrected chi connectivity index (χ1v) is 10.7. The SMILES string of the molecule is O=C(Nc1ccc(N2CCN(C(=O)c3cccs3)CC2)cc1)c1c(F)c(F)c(F)c(F)c1F. The normalized spacial score (nSPS) is 13.8. The number of hydrogen-bond acceptors (Lipinski definition) is 4. The molecule has 1 aliphatic heterocycles. The number of nitrogens with one attached hydrogen (secondary N) is 1. The lowest BCUT2D eigenvalue weighted by Gasteiger charge is -2.36. The highest BCUT2D eigenvalue weighted by atomic mass is 32.1. The maximum absolute atomic E-state index is 13.8. The van der Waals surface area contributed by atoms with Gasteiger partial charge >= 0.3 is 0 Å². The van der Waals surface area contributed by atoms with Crippen LogP contribution in [0.5, 0.6) is 0 Å². The molecule has 0 atom stereocenters. The topological polar surface area (TPSA) is 52.7 Å². The summed E-state index contributed by atoms with van der Waals surface area (Å²) in [5.74, 6) is -12.6. The Bertz CT molecular complexity index is 1160. The fraction of sp³-hybridized carbons (Fsp3) is 0.182. The van der Waals surface area contributed by atoms with Gasteiger partial charge in [-0.3, -0.25) is 9.59 Å². The summed E-state index contributed by atoms with van der Waals surface area (Å²) in [5, 5.41) is 3.98. The van der Waals surface area contributed by atoms with Gasteiger partial charge in [0.05, 0.1) is 4.88 Å². The van der Waals surface area contributed by atoms with Gasteiger partial charge in [0.1, 0.15) is 5.56 Å². The van der Waals surface area contributed by atoms with Crippen molar-refractivity contribution in [2.45, 2.75) is 0 Å². The minimum atomic E-state index is -2.33. The van der Waals surface area contributed by atoms with Crippen LogP contribution in [0.1, 0.15) is 20.0 Å². The Morgan fingerprint density at radius 1 is 0.788 bits per heavy atom. The van der Waals surface area contributed by atoms with Gasteiger partial charge in [0.2, 0.25) is 5.82 Å². The number of carbonyl (C=O) groups excluding carboxylic acids is 2. The molecule has 1 fully saturated rings. The lowest BCUT2D eigenvalue weighted by Crippen LogP contribution is -2.48. The van der Waals surface area contributed by atoms with Crippen molar-refractivity contribution >= 4 is 34.5 Å². The van der Waals surface area contributed by atoms with Crippen LogP contribution in [-0.4, -0.2) is 42.9 Å². The molecule has 2 amide bonds. The summed E-state index contributed by atoms with van der Waals surface area (Å²) in [6.45, 7) is 2.20. The van der Waals surface area contributed by atoms with Gasteiger partial charge in [-0.1, -0.05) is 6.07 Å². The van der Waals surface area contributed by atoms with E-state index in [1.807, 2.05) is 16.3 Å². The number of anilines is 2. The zero-order valence-corrected chi connectivity index (χ0v) is 17.7. The van der Waals surface area contributed by atoms with Crippen LogP contribution in [0.4, 0.5) is 33.3 Å². The Kier molecular flexibility index (Phi) is 6.32. The molecule has 1 aromatic heterocycles. The van der Waals surface area contributed by atoms with E-state index in [2.05, 4.69) is 5.32 Å². The van der Waals surface area contributed by atoms with Gasteiger partial charge in [0.25, 0.3) is 11.8 Å². The molecule has 0 bridgehead atoms. The Balaban J connectivity index is 1.41. The molecule has 0 unspecified atom stereocenters. The van der Waals surface area contributed by atoms with Crippen molar-refractivity contribution in [3.05, 3.63) is 81.3 Å². The first kappa shape index (κ1) is 22.7. The van der Waals surface area contributed by atoms with Crippen molar-refractivity contribution in [3.8, 4) is 0 Å². The number of rotatable bonds is 4. The fourth-order valence-electron chi connectivity index (χ4n) is 3.48. The largest absolute Gasteiger partial charge is 0.368 e. The summed E-state index contributed by atoms with van der Waals surface area (Å²) in [4.78, 5) is 29.1. The van der Waals surface area contributed by atoms with Gasteiger partial charge < -0.3 is 15.1 Å². The lowest BCUT2D eigenvalue weighted by molar-refractivity contribution is 0.0751. The quantitative estimate of drug-likeness (QED) is 0.335. The molecule has 2 aromatic carbocycles. The van der Waals surface area contributed by atoms with Crippen molar-refractivity contribution in [1.82, 2.24) is 4.90 Å². The molecule has 33 heavy (non-hydrogen) atoms. The first-order chi connectivity index (χ1) is 15.8. The minimum Gasteiger partial charge on any atom is -0.368 e. The van der Waals surface area contributed by atoms with Gasteiger partial charge in [-0.15, -0.1) is 11.3 Å². The number of amides is 2. The Labute approximate surface area is 189 Å². The lowest BCUT2D eigenvalue weighted by atomic mass is 10.1. The van der Waals surface area contributed by atoms with E-state index in [0.717, 1.165) is 5.69 Å². The number of hydrogen-bond donors (Lipinski definition) is 1. The zero-order valence-electron chi connectivity index (χ0n) is 16.9. The van der Waals surface area contributed by atoms with Crippen LogP contribution in [0.15, 0.2) is 41.8 Å². The summed E-state index contributed by atoms with van der Waals surface area (Å²) >= 11 is 1.38. The molecule has 0 aliphatic carbocycles. The second-order valence-corrected chi connectivity index (χ2v) is 8.15. The van der Waals surface area contributed by atoms with Crippen molar-refractivity contribution in [2.75, 3.05) is 36.4 Å². The summed E-state index contributed by atoms with van der Waals surface area (Å²) in [6, 6.07) is 9.78. The van der Waals surface area contributed by atoms with Crippen molar-refractivity contribution in [3.63, 3.8) is 0 Å². The highest BCUT2D eigenvalue weighted by Crippen LogP contribution is 2.25. The van der Waals surface area contributed by atoms with E-state index < -0.39 is 40.6 Å². The van der Waals surface area contributed by atoms with Gasteiger partial charge in [-0.05, 0) is 35.7 Å². The number of benzene rings is 2. The second-order valence-electron chi connectivity index (χ2n) is 7.20. The third-order valence-electron chi connectivity index (χ3n) is 5.23. The van der Waals surface area contributed by atoms with Gasteiger partial charge in [0.15, 0.2) is 23.3 Å². The number of piperazine rings is 1. The highest BCUT2D eigenvalue weighted by molar-refractivity contribution is 7.12. The fourth-order valence-corrected chi connectivity index (χ4v) is 4.17. The molecular formula is C22H16F5N3O2S. The molecule has 4 rings (SSSR count). The molecular weight excluding hydrogens is 465 g/mol. The standard InChI is InChI=1S/C22H16F5N3O2S/c23-16-15(17(24)19(26)20(27)18(16)25)21(31)28-12-3-5-13(6-4-12)29-7-9-30(10-8-29)22(32)14-2-1-11-33-14/h1-6,11H,7-10H2,(H,28,31). The van der Waals surface area contributed by atoms with Crippen LogP contribution in [0, 0.1) is 29.1 Å². The van der Waals surface area contributed by atoms with Crippen LogP contribution < -0.4 is 10.2 Å². The van der Waals surface area contributed by atoms with Crippen molar-refractivity contribution in [1.29, 1.82) is 0 Å². The smallest absolute Gasteiger partial charge is 0.264 e. The van der Waals surface area contributed by atoms with E-state index in [4.69, 9.17) is 0 Å². The van der Waals surface area contributed by atoms with E-state index >= 15 is 0 Å². The number of carbonyl (C=O) groups is 2. The monoisotopic (exact) mass is 481 g/mol. The predicted octanol–water partition coefficient (Wildman–Crippen LogP) is 4.66. The van der Waals surface area contributed by atoms with E-state index in [9.17, 15) is 31.5 Å². The number of halogens is 5. The highest BCUT2D eigenvalue weighted by Gasteiger charge is 2.30. The van der Waals surface area contributed by atoms with E-state index in [1.54, 1.807) is 23.1 Å². The molecule has 1 N–H and O–H groups in total. The van der Waals surface area contributed by atoms with Crippen molar-refractivity contribution in [2.24, 2.45) is 0 Å². The maximum atomic E-state index is 13.8. The third kappa shape index (κ3) is 4.40. The average molecular weight is 481 g/mol. The molecule has 0 radical (unpaired) electrons. The third-order valence-corrected chi connectivity index (χ3v) is 6.08. The number of nitrogens with zero attached hydrogens (tertiary/aromatic N) is 2. The Hall–Kier alpha value is -3.47. The molecule has 0 saturated carbocycles. The molecule has 2 heterocycles. The molecule has 1 saturated heterocycles. The van der Waals surface area contributed by atoms with Crippen LogP contribution in [-0.2, 0) is 0 Å². The van der Waals surface area contributed by atoms with E-state index in [-0.39, 0.29) is 11.6 Å². The minimum absolute atomic E-state index is 0.0177. The van der Waals surface area contributed by atoms with Crippen LogP contribution in [0.2, 0.25) is 0 Å². The second kappa shape index (κ2) is 9.18. The molecule has 172 valence electrons. The molecule has 3 aromatic rings. The van der Waals surface area contributed by atoms with Gasteiger partial charge in [0, 0.05) is 37.6 Å². The first-order valence-electron chi connectivity index (χ1n) is 9.78. The zero-order chi connectivity index (χ0) is 23.7. The van der Waals surface area contributed by atoms with Crippen LogP contribution in [0.25, 0.3) is 0 Å². The van der Waals surface area contributed by atoms with E-state index in [1.165, 1.54) is 23.5 Å². The summed E-state index contributed by atoms with van der Waals surface area (Å²) in [5.41, 5.74) is -0.659. The molecule has 5 nitrogen and oxygen atoms in total.